The zero-order chi connectivity index (χ0) is 14.4. The van der Waals surface area contributed by atoms with Crippen LogP contribution in [-0.4, -0.2) is 31.3 Å². The lowest BCUT2D eigenvalue weighted by molar-refractivity contribution is -0.121. The molecular formula is C16H23ClN2O2. The van der Waals surface area contributed by atoms with Crippen LogP contribution >= 0.6 is 12.4 Å². The van der Waals surface area contributed by atoms with Crippen molar-refractivity contribution in [3.8, 4) is 0 Å². The zero-order valence-corrected chi connectivity index (χ0v) is 13.2. The first kappa shape index (κ1) is 17.7. The molecule has 1 fully saturated rings. The van der Waals surface area contributed by atoms with Gasteiger partial charge < -0.3 is 10.6 Å². The predicted octanol–water partition coefficient (Wildman–Crippen LogP) is 1.97. The number of benzene rings is 1. The van der Waals surface area contributed by atoms with Gasteiger partial charge in [-0.3, -0.25) is 9.59 Å². The van der Waals surface area contributed by atoms with Crippen molar-refractivity contribution in [2.45, 2.75) is 26.2 Å². The van der Waals surface area contributed by atoms with E-state index in [0.717, 1.165) is 19.5 Å². The number of rotatable bonds is 7. The van der Waals surface area contributed by atoms with Gasteiger partial charge in [-0.15, -0.1) is 12.4 Å². The average Bonchev–Trinajstić information content (AvgIpc) is 2.43. The van der Waals surface area contributed by atoms with E-state index in [2.05, 4.69) is 17.6 Å². The summed E-state index contributed by atoms with van der Waals surface area (Å²) in [6.07, 6.45) is 1.52. The Morgan fingerprint density at radius 3 is 2.38 bits per heavy atom. The highest BCUT2D eigenvalue weighted by Crippen LogP contribution is 2.09. The summed E-state index contributed by atoms with van der Waals surface area (Å²) < 4.78 is 0. The van der Waals surface area contributed by atoms with Crippen molar-refractivity contribution in [1.82, 2.24) is 10.6 Å². The van der Waals surface area contributed by atoms with E-state index in [4.69, 9.17) is 0 Å². The molecule has 4 nitrogen and oxygen atoms in total. The van der Waals surface area contributed by atoms with E-state index in [1.165, 1.54) is 5.56 Å². The molecule has 1 aliphatic rings. The number of aryl methyl sites for hydroxylation is 1. The maximum atomic E-state index is 12.0. The van der Waals surface area contributed by atoms with Gasteiger partial charge >= 0.3 is 0 Å². The molecule has 5 heteroatoms. The quantitative estimate of drug-likeness (QED) is 0.757. The third-order valence-electron chi connectivity index (χ3n) is 3.72. The van der Waals surface area contributed by atoms with Gasteiger partial charge in [0.05, 0.1) is 0 Å². The number of amides is 1. The second kappa shape index (κ2) is 8.80. The van der Waals surface area contributed by atoms with Gasteiger partial charge in [0.25, 0.3) is 0 Å². The number of nitrogens with one attached hydrogen (secondary N) is 2. The number of ketones is 1. The Morgan fingerprint density at radius 2 is 1.86 bits per heavy atom. The minimum atomic E-state index is -0.0320. The molecule has 0 aliphatic carbocycles. The van der Waals surface area contributed by atoms with Crippen LogP contribution in [0.1, 0.15) is 35.7 Å². The van der Waals surface area contributed by atoms with E-state index in [1.54, 1.807) is 0 Å². The van der Waals surface area contributed by atoms with Crippen LogP contribution in [0.3, 0.4) is 0 Å². The Labute approximate surface area is 132 Å². The molecule has 1 amide bonds. The van der Waals surface area contributed by atoms with Gasteiger partial charge in [-0.25, -0.2) is 0 Å². The third-order valence-corrected chi connectivity index (χ3v) is 3.72. The molecular weight excluding hydrogens is 288 g/mol. The van der Waals surface area contributed by atoms with Gasteiger partial charge in [-0.1, -0.05) is 31.2 Å². The van der Waals surface area contributed by atoms with Gasteiger partial charge in [-0.2, -0.15) is 0 Å². The van der Waals surface area contributed by atoms with Crippen LogP contribution in [0.5, 0.6) is 0 Å². The van der Waals surface area contributed by atoms with Crippen LogP contribution < -0.4 is 10.6 Å². The lowest BCUT2D eigenvalue weighted by Crippen LogP contribution is -2.48. The summed E-state index contributed by atoms with van der Waals surface area (Å²) in [5.41, 5.74) is 1.91. The van der Waals surface area contributed by atoms with Crippen molar-refractivity contribution >= 4 is 24.1 Å². The van der Waals surface area contributed by atoms with Crippen LogP contribution in [0.2, 0.25) is 0 Å². The fourth-order valence-corrected chi connectivity index (χ4v) is 2.14. The first-order valence-electron chi connectivity index (χ1n) is 7.28. The van der Waals surface area contributed by atoms with Gasteiger partial charge in [0.15, 0.2) is 5.78 Å². The molecule has 0 radical (unpaired) electrons. The lowest BCUT2D eigenvalue weighted by Gasteiger charge is -2.27. The topological polar surface area (TPSA) is 58.2 Å². The Hall–Kier alpha value is -1.39. The number of Topliss-reactive ketones (excluding diaryl/α,β-unsaturated/α-hetero) is 1. The first-order valence-corrected chi connectivity index (χ1v) is 7.28. The molecule has 0 saturated carbocycles. The highest BCUT2D eigenvalue weighted by Gasteiger charge is 2.17. The average molecular weight is 311 g/mol. The van der Waals surface area contributed by atoms with Crippen molar-refractivity contribution < 1.29 is 9.59 Å². The van der Waals surface area contributed by atoms with E-state index < -0.39 is 0 Å². The summed E-state index contributed by atoms with van der Waals surface area (Å²) in [6.45, 7) is 4.75. The SMILES string of the molecule is CCc1ccc(C(=O)CCC(=O)NCC2CNC2)cc1.Cl. The maximum Gasteiger partial charge on any atom is 0.220 e. The molecule has 0 aromatic heterocycles. The Morgan fingerprint density at radius 1 is 1.19 bits per heavy atom. The van der Waals surface area contributed by atoms with Crippen LogP contribution in [0.15, 0.2) is 24.3 Å². The Bertz CT molecular complexity index is 470. The fourth-order valence-electron chi connectivity index (χ4n) is 2.14. The van der Waals surface area contributed by atoms with Crippen LogP contribution in [0.25, 0.3) is 0 Å². The standard InChI is InChI=1S/C16H22N2O2.ClH/c1-2-12-3-5-14(6-4-12)15(19)7-8-16(20)18-11-13-9-17-10-13;/h3-6,13,17H,2,7-11H2,1H3,(H,18,20);1H. The van der Waals surface area contributed by atoms with E-state index in [1.807, 2.05) is 24.3 Å². The summed E-state index contributed by atoms with van der Waals surface area (Å²) in [4.78, 5) is 23.6. The molecule has 0 bridgehead atoms. The molecule has 2 rings (SSSR count). The molecule has 116 valence electrons. The van der Waals surface area contributed by atoms with E-state index in [-0.39, 0.29) is 36.9 Å². The number of hydrogen-bond acceptors (Lipinski definition) is 3. The molecule has 1 heterocycles. The molecule has 1 aromatic carbocycles. The molecule has 1 saturated heterocycles. The van der Waals surface area contributed by atoms with E-state index in [0.29, 0.717) is 18.0 Å². The minimum Gasteiger partial charge on any atom is -0.356 e. The van der Waals surface area contributed by atoms with Gasteiger partial charge in [0.1, 0.15) is 0 Å². The maximum absolute atomic E-state index is 12.0. The Balaban J connectivity index is 0.00000220. The van der Waals surface area contributed by atoms with E-state index in [9.17, 15) is 9.59 Å². The van der Waals surface area contributed by atoms with Gasteiger partial charge in [-0.05, 0) is 12.0 Å². The van der Waals surface area contributed by atoms with Crippen LogP contribution in [-0.2, 0) is 11.2 Å². The third kappa shape index (κ3) is 5.48. The largest absolute Gasteiger partial charge is 0.356 e. The van der Waals surface area contributed by atoms with E-state index >= 15 is 0 Å². The number of carbonyl (C=O) groups excluding carboxylic acids is 2. The highest BCUT2D eigenvalue weighted by atomic mass is 35.5. The smallest absolute Gasteiger partial charge is 0.220 e. The molecule has 2 N–H and O–H groups in total. The molecule has 0 unspecified atom stereocenters. The molecule has 0 atom stereocenters. The van der Waals surface area contributed by atoms with Crippen molar-refractivity contribution in [2.24, 2.45) is 5.92 Å². The fraction of sp³-hybridized carbons (Fsp3) is 0.500. The van der Waals surface area contributed by atoms with Gasteiger partial charge in [0.2, 0.25) is 5.91 Å². The zero-order valence-electron chi connectivity index (χ0n) is 12.4. The van der Waals surface area contributed by atoms with Crippen molar-refractivity contribution in [3.63, 3.8) is 0 Å². The summed E-state index contributed by atoms with van der Waals surface area (Å²) in [5.74, 6) is 0.555. The summed E-state index contributed by atoms with van der Waals surface area (Å²) in [5, 5.41) is 6.04. The summed E-state index contributed by atoms with van der Waals surface area (Å²) >= 11 is 0. The highest BCUT2D eigenvalue weighted by molar-refractivity contribution is 5.97. The van der Waals surface area contributed by atoms with Crippen LogP contribution in [0, 0.1) is 5.92 Å². The number of halogens is 1. The second-order valence-corrected chi connectivity index (χ2v) is 5.30. The molecule has 21 heavy (non-hydrogen) atoms. The molecule has 1 aromatic rings. The summed E-state index contributed by atoms with van der Waals surface area (Å²) in [6, 6.07) is 7.63. The number of carbonyl (C=O) groups is 2. The van der Waals surface area contributed by atoms with Crippen LogP contribution in [0.4, 0.5) is 0 Å². The normalized spacial score (nSPS) is 14.0. The minimum absolute atomic E-state index is 0. The first-order chi connectivity index (χ1) is 9.69. The molecule has 1 aliphatic heterocycles. The summed E-state index contributed by atoms with van der Waals surface area (Å²) in [7, 11) is 0. The van der Waals surface area contributed by atoms with Crippen molar-refractivity contribution in [2.75, 3.05) is 19.6 Å². The lowest BCUT2D eigenvalue weighted by atomic mass is 10.0. The predicted molar refractivity (Wildman–Crippen MR) is 86.0 cm³/mol. The Kier molecular flexibility index (Phi) is 7.40. The van der Waals surface area contributed by atoms with Gasteiger partial charge in [0, 0.05) is 44.0 Å². The second-order valence-electron chi connectivity index (χ2n) is 5.30. The monoisotopic (exact) mass is 310 g/mol. The van der Waals surface area contributed by atoms with Crippen molar-refractivity contribution in [3.05, 3.63) is 35.4 Å². The molecule has 0 spiro atoms. The number of hydrogen-bond donors (Lipinski definition) is 2. The van der Waals surface area contributed by atoms with Crippen molar-refractivity contribution in [1.29, 1.82) is 0 Å².